The molecule has 2 N–H and O–H groups in total. The van der Waals surface area contributed by atoms with Gasteiger partial charge in [0, 0.05) is 5.56 Å². The SMILES string of the molecule is COc1cccc(C(N)c2cc(C)ccc2C)c1F. The highest BCUT2D eigenvalue weighted by Gasteiger charge is 2.18. The van der Waals surface area contributed by atoms with Crippen LogP contribution in [0.1, 0.15) is 28.3 Å². The average Bonchev–Trinajstić information content (AvgIpc) is 2.41. The zero-order chi connectivity index (χ0) is 14.0. The van der Waals surface area contributed by atoms with E-state index in [9.17, 15) is 4.39 Å². The van der Waals surface area contributed by atoms with Gasteiger partial charge in [0.25, 0.3) is 0 Å². The highest BCUT2D eigenvalue weighted by Crippen LogP contribution is 2.29. The molecule has 0 heterocycles. The summed E-state index contributed by atoms with van der Waals surface area (Å²) < 4.78 is 19.2. The van der Waals surface area contributed by atoms with Gasteiger partial charge in [-0.1, -0.05) is 35.9 Å². The monoisotopic (exact) mass is 259 g/mol. The van der Waals surface area contributed by atoms with E-state index in [0.717, 1.165) is 16.7 Å². The van der Waals surface area contributed by atoms with Crippen molar-refractivity contribution in [3.05, 3.63) is 64.5 Å². The van der Waals surface area contributed by atoms with Gasteiger partial charge in [0.1, 0.15) is 0 Å². The predicted octanol–water partition coefficient (Wildman–Crippen LogP) is 3.50. The maximum absolute atomic E-state index is 14.2. The first-order valence-corrected chi connectivity index (χ1v) is 6.19. The molecule has 19 heavy (non-hydrogen) atoms. The van der Waals surface area contributed by atoms with Crippen LogP contribution in [0.3, 0.4) is 0 Å². The Labute approximate surface area is 113 Å². The molecule has 0 aliphatic heterocycles. The van der Waals surface area contributed by atoms with E-state index < -0.39 is 11.9 Å². The van der Waals surface area contributed by atoms with Crippen LogP contribution in [0.4, 0.5) is 4.39 Å². The minimum Gasteiger partial charge on any atom is -0.494 e. The fraction of sp³-hybridized carbons (Fsp3) is 0.250. The van der Waals surface area contributed by atoms with Crippen molar-refractivity contribution in [3.8, 4) is 5.75 Å². The summed E-state index contributed by atoms with van der Waals surface area (Å²) in [5.41, 5.74) is 9.77. The normalized spacial score (nSPS) is 12.3. The van der Waals surface area contributed by atoms with Gasteiger partial charge in [-0.05, 0) is 31.0 Å². The third-order valence-corrected chi connectivity index (χ3v) is 3.32. The Bertz CT molecular complexity index is 595. The van der Waals surface area contributed by atoms with Gasteiger partial charge in [-0.3, -0.25) is 0 Å². The lowest BCUT2D eigenvalue weighted by Gasteiger charge is -2.17. The molecule has 0 amide bonds. The van der Waals surface area contributed by atoms with Gasteiger partial charge in [0.15, 0.2) is 11.6 Å². The lowest BCUT2D eigenvalue weighted by molar-refractivity contribution is 0.383. The molecule has 0 fully saturated rings. The molecule has 2 rings (SSSR count). The Morgan fingerprint density at radius 3 is 2.53 bits per heavy atom. The van der Waals surface area contributed by atoms with Gasteiger partial charge in [0.05, 0.1) is 13.2 Å². The zero-order valence-electron chi connectivity index (χ0n) is 11.4. The molecule has 2 aromatic carbocycles. The molecular formula is C16H18FNO. The van der Waals surface area contributed by atoms with Crippen LogP contribution in [0.2, 0.25) is 0 Å². The van der Waals surface area contributed by atoms with Crippen LogP contribution in [-0.2, 0) is 0 Å². The molecule has 0 spiro atoms. The summed E-state index contributed by atoms with van der Waals surface area (Å²) in [6.45, 7) is 3.98. The standard InChI is InChI=1S/C16H18FNO/c1-10-7-8-11(2)13(9-10)16(18)12-5-4-6-14(19-3)15(12)17/h4-9,16H,18H2,1-3H3. The van der Waals surface area contributed by atoms with Crippen molar-refractivity contribution >= 4 is 0 Å². The maximum Gasteiger partial charge on any atom is 0.170 e. The molecule has 0 radical (unpaired) electrons. The quantitative estimate of drug-likeness (QED) is 0.915. The van der Waals surface area contributed by atoms with Crippen molar-refractivity contribution in [2.24, 2.45) is 5.73 Å². The second-order valence-corrected chi connectivity index (χ2v) is 4.70. The van der Waals surface area contributed by atoms with E-state index in [1.165, 1.54) is 7.11 Å². The second-order valence-electron chi connectivity index (χ2n) is 4.70. The van der Waals surface area contributed by atoms with Crippen molar-refractivity contribution in [1.82, 2.24) is 0 Å². The van der Waals surface area contributed by atoms with Crippen LogP contribution < -0.4 is 10.5 Å². The largest absolute Gasteiger partial charge is 0.494 e. The Hall–Kier alpha value is -1.87. The molecule has 0 saturated carbocycles. The van der Waals surface area contributed by atoms with E-state index in [4.69, 9.17) is 10.5 Å². The first kappa shape index (κ1) is 13.6. The van der Waals surface area contributed by atoms with Gasteiger partial charge >= 0.3 is 0 Å². The van der Waals surface area contributed by atoms with E-state index in [-0.39, 0.29) is 5.75 Å². The predicted molar refractivity (Wildman–Crippen MR) is 74.9 cm³/mol. The van der Waals surface area contributed by atoms with Crippen molar-refractivity contribution in [2.75, 3.05) is 7.11 Å². The summed E-state index contributed by atoms with van der Waals surface area (Å²) in [5.74, 6) is -0.170. The summed E-state index contributed by atoms with van der Waals surface area (Å²) in [5, 5.41) is 0. The molecular weight excluding hydrogens is 241 g/mol. The molecule has 1 atom stereocenters. The molecule has 0 aromatic heterocycles. The number of halogens is 1. The molecule has 2 aromatic rings. The van der Waals surface area contributed by atoms with Crippen molar-refractivity contribution < 1.29 is 9.13 Å². The molecule has 3 heteroatoms. The maximum atomic E-state index is 14.2. The van der Waals surface area contributed by atoms with Crippen LogP contribution in [0.25, 0.3) is 0 Å². The number of ether oxygens (including phenoxy) is 1. The molecule has 2 nitrogen and oxygen atoms in total. The Morgan fingerprint density at radius 1 is 1.11 bits per heavy atom. The van der Waals surface area contributed by atoms with E-state index in [1.54, 1.807) is 18.2 Å². The summed E-state index contributed by atoms with van der Waals surface area (Å²) in [4.78, 5) is 0. The number of benzene rings is 2. The van der Waals surface area contributed by atoms with E-state index in [0.29, 0.717) is 5.56 Å². The van der Waals surface area contributed by atoms with Crippen LogP contribution in [0.15, 0.2) is 36.4 Å². The lowest BCUT2D eigenvalue weighted by Crippen LogP contribution is -2.15. The molecule has 0 aliphatic rings. The summed E-state index contributed by atoms with van der Waals surface area (Å²) in [6.07, 6.45) is 0. The fourth-order valence-corrected chi connectivity index (χ4v) is 2.19. The number of methoxy groups -OCH3 is 1. The smallest absolute Gasteiger partial charge is 0.170 e. The number of nitrogens with two attached hydrogens (primary N) is 1. The highest BCUT2D eigenvalue weighted by atomic mass is 19.1. The lowest BCUT2D eigenvalue weighted by atomic mass is 9.94. The zero-order valence-corrected chi connectivity index (χ0v) is 11.4. The van der Waals surface area contributed by atoms with E-state index in [2.05, 4.69) is 0 Å². The molecule has 0 aliphatic carbocycles. The topological polar surface area (TPSA) is 35.2 Å². The molecule has 0 saturated heterocycles. The van der Waals surface area contributed by atoms with Gasteiger partial charge in [0.2, 0.25) is 0 Å². The Balaban J connectivity index is 2.50. The first-order chi connectivity index (χ1) is 9.04. The van der Waals surface area contributed by atoms with Gasteiger partial charge < -0.3 is 10.5 Å². The van der Waals surface area contributed by atoms with Crippen molar-refractivity contribution in [2.45, 2.75) is 19.9 Å². The van der Waals surface area contributed by atoms with E-state index >= 15 is 0 Å². The highest BCUT2D eigenvalue weighted by molar-refractivity contribution is 5.42. The number of hydrogen-bond donors (Lipinski definition) is 1. The first-order valence-electron chi connectivity index (χ1n) is 6.19. The fourth-order valence-electron chi connectivity index (χ4n) is 2.19. The van der Waals surface area contributed by atoms with Gasteiger partial charge in [-0.2, -0.15) is 0 Å². The minimum atomic E-state index is -0.491. The third-order valence-electron chi connectivity index (χ3n) is 3.32. The molecule has 100 valence electrons. The van der Waals surface area contributed by atoms with Crippen LogP contribution >= 0.6 is 0 Å². The number of rotatable bonds is 3. The van der Waals surface area contributed by atoms with Crippen molar-refractivity contribution in [3.63, 3.8) is 0 Å². The molecule has 0 bridgehead atoms. The van der Waals surface area contributed by atoms with E-state index in [1.807, 2.05) is 32.0 Å². The number of hydrogen-bond acceptors (Lipinski definition) is 2. The summed E-state index contributed by atoms with van der Waals surface area (Å²) in [7, 11) is 1.45. The van der Waals surface area contributed by atoms with Gasteiger partial charge in [-0.25, -0.2) is 4.39 Å². The summed E-state index contributed by atoms with van der Waals surface area (Å²) >= 11 is 0. The minimum absolute atomic E-state index is 0.221. The Kier molecular flexibility index (Phi) is 3.86. The van der Waals surface area contributed by atoms with Crippen LogP contribution in [0.5, 0.6) is 5.75 Å². The van der Waals surface area contributed by atoms with Crippen molar-refractivity contribution in [1.29, 1.82) is 0 Å². The van der Waals surface area contributed by atoms with Crippen LogP contribution in [-0.4, -0.2) is 7.11 Å². The average molecular weight is 259 g/mol. The second kappa shape index (κ2) is 5.41. The summed E-state index contributed by atoms with van der Waals surface area (Å²) in [6, 6.07) is 10.6. The molecule has 1 unspecified atom stereocenters. The Morgan fingerprint density at radius 2 is 1.84 bits per heavy atom. The van der Waals surface area contributed by atoms with Gasteiger partial charge in [-0.15, -0.1) is 0 Å². The number of aryl methyl sites for hydroxylation is 2. The van der Waals surface area contributed by atoms with Crippen LogP contribution in [0, 0.1) is 19.7 Å². The third kappa shape index (κ3) is 2.61.